The maximum atomic E-state index is 4.74. The summed E-state index contributed by atoms with van der Waals surface area (Å²) in [6.45, 7) is 7.65. The van der Waals surface area contributed by atoms with Crippen LogP contribution in [0.1, 0.15) is 32.4 Å². The van der Waals surface area contributed by atoms with Crippen LogP contribution in [0.2, 0.25) is 0 Å². The first-order valence-electron chi connectivity index (χ1n) is 6.75. The molecule has 0 bridgehead atoms. The van der Waals surface area contributed by atoms with Crippen LogP contribution in [0.3, 0.4) is 0 Å². The minimum Gasteiger partial charge on any atom is -0.338 e. The Balaban J connectivity index is 2.18. The summed E-state index contributed by atoms with van der Waals surface area (Å²) in [6.07, 6.45) is 5.70. The number of piperidine rings is 1. The Labute approximate surface area is 104 Å². The van der Waals surface area contributed by atoms with Gasteiger partial charge in [-0.15, -0.1) is 0 Å². The van der Waals surface area contributed by atoms with Crippen molar-refractivity contribution in [2.75, 3.05) is 24.5 Å². The average molecular weight is 236 g/mol. The number of nitrogens with one attached hydrogen (secondary N) is 1. The van der Waals surface area contributed by atoms with Gasteiger partial charge in [-0.05, 0) is 32.7 Å². The molecule has 1 aromatic rings. The zero-order valence-electron chi connectivity index (χ0n) is 11.2. The van der Waals surface area contributed by atoms with E-state index in [4.69, 9.17) is 4.98 Å². The predicted octanol–water partition coefficient (Wildman–Crippen LogP) is 1.56. The van der Waals surface area contributed by atoms with Crippen LogP contribution < -0.4 is 10.2 Å². The Hall–Kier alpha value is -1.03. The molecule has 1 atom stereocenters. The number of rotatable bonds is 4. The molecule has 0 radical (unpaired) electrons. The van der Waals surface area contributed by atoms with Crippen molar-refractivity contribution in [3.8, 4) is 0 Å². The molecule has 2 heterocycles. The molecule has 1 fully saturated rings. The molecule has 1 N–H and O–H groups in total. The minimum atomic E-state index is 0.597. The number of hydrogen-bond acceptors (Lipinski definition) is 3. The third kappa shape index (κ3) is 2.63. The molecule has 1 saturated heterocycles. The van der Waals surface area contributed by atoms with Crippen molar-refractivity contribution >= 4 is 5.95 Å². The highest BCUT2D eigenvalue weighted by Gasteiger charge is 2.22. The highest BCUT2D eigenvalue weighted by atomic mass is 15.3. The van der Waals surface area contributed by atoms with E-state index in [0.29, 0.717) is 6.04 Å². The maximum Gasteiger partial charge on any atom is 0.205 e. The number of aryl methyl sites for hydroxylation is 2. The van der Waals surface area contributed by atoms with Gasteiger partial charge in [0.25, 0.3) is 0 Å². The van der Waals surface area contributed by atoms with Crippen molar-refractivity contribution < 1.29 is 0 Å². The van der Waals surface area contributed by atoms with Crippen LogP contribution in [0.5, 0.6) is 0 Å². The Bertz CT molecular complexity index is 352. The lowest BCUT2D eigenvalue weighted by Gasteiger charge is -2.34. The third-order valence-electron chi connectivity index (χ3n) is 3.57. The van der Waals surface area contributed by atoms with Gasteiger partial charge in [-0.25, -0.2) is 4.98 Å². The second kappa shape index (κ2) is 5.54. The topological polar surface area (TPSA) is 33.1 Å². The largest absolute Gasteiger partial charge is 0.338 e. The molecule has 17 heavy (non-hydrogen) atoms. The number of anilines is 1. The van der Waals surface area contributed by atoms with Crippen LogP contribution >= 0.6 is 0 Å². The van der Waals surface area contributed by atoms with E-state index in [-0.39, 0.29) is 0 Å². The fourth-order valence-electron chi connectivity index (χ4n) is 2.62. The normalized spacial score (nSPS) is 20.5. The van der Waals surface area contributed by atoms with Gasteiger partial charge < -0.3 is 14.8 Å². The van der Waals surface area contributed by atoms with Crippen LogP contribution in [-0.2, 0) is 13.5 Å². The molecule has 4 nitrogen and oxygen atoms in total. The number of likely N-dealkylation sites (N-methyl/N-ethyl adjacent to an activating group) is 1. The fourth-order valence-corrected chi connectivity index (χ4v) is 2.62. The molecule has 1 aliphatic heterocycles. The first-order valence-corrected chi connectivity index (χ1v) is 6.75. The third-order valence-corrected chi connectivity index (χ3v) is 3.57. The van der Waals surface area contributed by atoms with E-state index in [1.807, 2.05) is 0 Å². The zero-order valence-corrected chi connectivity index (χ0v) is 11.2. The van der Waals surface area contributed by atoms with E-state index < -0.39 is 0 Å². The van der Waals surface area contributed by atoms with Gasteiger partial charge in [-0.3, -0.25) is 0 Å². The molecule has 0 saturated carbocycles. The lowest BCUT2D eigenvalue weighted by molar-refractivity contribution is 0.429. The summed E-state index contributed by atoms with van der Waals surface area (Å²) < 4.78 is 2.16. The average Bonchev–Trinajstić information content (AvgIpc) is 2.73. The van der Waals surface area contributed by atoms with Crippen molar-refractivity contribution in [2.45, 2.75) is 39.2 Å². The lowest BCUT2D eigenvalue weighted by atomic mass is 10.1. The Morgan fingerprint density at radius 2 is 2.35 bits per heavy atom. The summed E-state index contributed by atoms with van der Waals surface area (Å²) in [5.41, 5.74) is 1.18. The van der Waals surface area contributed by atoms with Crippen molar-refractivity contribution in [1.82, 2.24) is 14.9 Å². The van der Waals surface area contributed by atoms with E-state index in [1.165, 1.54) is 18.5 Å². The van der Waals surface area contributed by atoms with Gasteiger partial charge in [0.05, 0.1) is 5.69 Å². The van der Waals surface area contributed by atoms with E-state index >= 15 is 0 Å². The summed E-state index contributed by atoms with van der Waals surface area (Å²) in [4.78, 5) is 7.17. The first-order chi connectivity index (χ1) is 8.26. The van der Waals surface area contributed by atoms with Crippen molar-refractivity contribution in [3.63, 3.8) is 0 Å². The maximum absolute atomic E-state index is 4.74. The number of nitrogens with zero attached hydrogens (tertiary/aromatic N) is 3. The molecule has 0 spiro atoms. The quantitative estimate of drug-likeness (QED) is 0.861. The molecule has 0 aromatic carbocycles. The summed E-state index contributed by atoms with van der Waals surface area (Å²) in [5, 5.41) is 3.48. The van der Waals surface area contributed by atoms with Crippen LogP contribution in [0.25, 0.3) is 0 Å². The molecular formula is C13H24N4. The first kappa shape index (κ1) is 12.4. The standard InChI is InChI=1S/C13H24N4/c1-4-11-10-16(3)13(15-11)17(5-2)12-7-6-8-14-9-12/h10,12,14H,4-9H2,1-3H3. The highest BCUT2D eigenvalue weighted by molar-refractivity contribution is 5.35. The van der Waals surface area contributed by atoms with Crippen molar-refractivity contribution in [3.05, 3.63) is 11.9 Å². The summed E-state index contributed by atoms with van der Waals surface area (Å²) >= 11 is 0. The van der Waals surface area contributed by atoms with Crippen molar-refractivity contribution in [1.29, 1.82) is 0 Å². The van der Waals surface area contributed by atoms with Gasteiger partial charge in [0, 0.05) is 32.4 Å². The molecule has 1 unspecified atom stereocenters. The lowest BCUT2D eigenvalue weighted by Crippen LogP contribution is -2.47. The molecule has 1 aromatic heterocycles. The Morgan fingerprint density at radius 1 is 1.53 bits per heavy atom. The van der Waals surface area contributed by atoms with E-state index in [1.54, 1.807) is 0 Å². The molecular weight excluding hydrogens is 212 g/mol. The van der Waals surface area contributed by atoms with Gasteiger partial charge in [0.1, 0.15) is 0 Å². The number of imidazole rings is 1. The van der Waals surface area contributed by atoms with Crippen LogP contribution in [0.15, 0.2) is 6.20 Å². The highest BCUT2D eigenvalue weighted by Crippen LogP contribution is 2.19. The summed E-state index contributed by atoms with van der Waals surface area (Å²) in [7, 11) is 2.10. The van der Waals surface area contributed by atoms with Crippen LogP contribution in [0, 0.1) is 0 Å². The van der Waals surface area contributed by atoms with Gasteiger partial charge in [-0.2, -0.15) is 0 Å². The number of hydrogen-bond donors (Lipinski definition) is 1. The van der Waals surface area contributed by atoms with Gasteiger partial charge in [0.15, 0.2) is 0 Å². The zero-order chi connectivity index (χ0) is 12.3. The summed E-state index contributed by atoms with van der Waals surface area (Å²) in [6, 6.07) is 0.597. The second-order valence-corrected chi connectivity index (χ2v) is 4.78. The molecule has 0 aliphatic carbocycles. The minimum absolute atomic E-state index is 0.597. The van der Waals surface area contributed by atoms with Crippen LogP contribution in [0.4, 0.5) is 5.95 Å². The smallest absolute Gasteiger partial charge is 0.205 e. The molecule has 4 heteroatoms. The molecule has 2 rings (SSSR count). The monoisotopic (exact) mass is 236 g/mol. The molecule has 0 amide bonds. The summed E-state index contributed by atoms with van der Waals surface area (Å²) in [5.74, 6) is 1.12. The Morgan fingerprint density at radius 3 is 2.88 bits per heavy atom. The van der Waals surface area contributed by atoms with Gasteiger partial charge in [0.2, 0.25) is 5.95 Å². The second-order valence-electron chi connectivity index (χ2n) is 4.78. The van der Waals surface area contributed by atoms with Crippen molar-refractivity contribution in [2.24, 2.45) is 7.05 Å². The van der Waals surface area contributed by atoms with E-state index in [0.717, 1.165) is 32.0 Å². The van der Waals surface area contributed by atoms with Gasteiger partial charge in [-0.1, -0.05) is 6.92 Å². The van der Waals surface area contributed by atoms with E-state index in [2.05, 4.69) is 41.9 Å². The van der Waals surface area contributed by atoms with Crippen LogP contribution in [-0.4, -0.2) is 35.2 Å². The number of aromatic nitrogens is 2. The fraction of sp³-hybridized carbons (Fsp3) is 0.769. The van der Waals surface area contributed by atoms with Gasteiger partial charge >= 0.3 is 0 Å². The van der Waals surface area contributed by atoms with E-state index in [9.17, 15) is 0 Å². The Kier molecular flexibility index (Phi) is 4.05. The SMILES string of the molecule is CCc1cn(C)c(N(CC)C2CCCNC2)n1. The predicted molar refractivity (Wildman–Crippen MR) is 71.5 cm³/mol. The molecule has 1 aliphatic rings. The molecule has 96 valence electrons.